The van der Waals surface area contributed by atoms with Crippen LogP contribution in [0.2, 0.25) is 5.02 Å². The molecule has 1 saturated heterocycles. The second-order valence-electron chi connectivity index (χ2n) is 11.4. The highest BCUT2D eigenvalue weighted by molar-refractivity contribution is 6.33. The number of benzene rings is 1. The van der Waals surface area contributed by atoms with Gasteiger partial charge in [-0.1, -0.05) is 37.6 Å². The van der Waals surface area contributed by atoms with Gasteiger partial charge in [0.05, 0.1) is 28.4 Å². The number of nitrogens with two attached hydrogens (primary N) is 1. The van der Waals surface area contributed by atoms with Crippen molar-refractivity contribution < 1.29 is 9.47 Å². The van der Waals surface area contributed by atoms with Crippen LogP contribution in [-0.4, -0.2) is 37.5 Å². The first kappa shape index (κ1) is 24.6. The first-order valence-corrected chi connectivity index (χ1v) is 13.6. The minimum absolute atomic E-state index is 0.0145. The predicted molar refractivity (Wildman–Crippen MR) is 147 cm³/mol. The Labute approximate surface area is 222 Å². The Balaban J connectivity index is 1.26. The summed E-state index contributed by atoms with van der Waals surface area (Å²) in [6.45, 7) is 8.47. The van der Waals surface area contributed by atoms with E-state index < -0.39 is 5.79 Å². The van der Waals surface area contributed by atoms with Crippen molar-refractivity contribution in [1.29, 1.82) is 0 Å². The van der Waals surface area contributed by atoms with Gasteiger partial charge in [0.25, 0.3) is 0 Å². The summed E-state index contributed by atoms with van der Waals surface area (Å²) in [5.74, 6) is 0.667. The third-order valence-electron chi connectivity index (χ3n) is 7.77. The van der Waals surface area contributed by atoms with Crippen molar-refractivity contribution in [2.45, 2.75) is 77.4 Å². The molecule has 0 radical (unpaired) electrons. The quantitative estimate of drug-likeness (QED) is 0.330. The van der Waals surface area contributed by atoms with Crippen molar-refractivity contribution in [2.75, 3.05) is 5.73 Å². The Morgan fingerprint density at radius 3 is 2.76 bits per heavy atom. The number of aromatic nitrogens is 4. The number of hydrogen-bond donors (Lipinski definition) is 1. The molecule has 3 aromatic heterocycles. The lowest BCUT2D eigenvalue weighted by atomic mass is 9.95. The van der Waals surface area contributed by atoms with Crippen LogP contribution in [0.25, 0.3) is 21.9 Å². The maximum Gasteiger partial charge on any atom is 0.163 e. The van der Waals surface area contributed by atoms with Crippen molar-refractivity contribution >= 4 is 39.4 Å². The minimum Gasteiger partial charge on any atom is -0.382 e. The number of ether oxygens (including phenoxy) is 2. The zero-order chi connectivity index (χ0) is 25.9. The molecule has 1 saturated carbocycles. The maximum atomic E-state index is 6.49. The lowest BCUT2D eigenvalue weighted by Crippen LogP contribution is -2.27. The molecule has 1 aromatic carbocycles. The Kier molecular flexibility index (Phi) is 6.13. The summed E-state index contributed by atoms with van der Waals surface area (Å²) >= 11 is 6.15. The van der Waals surface area contributed by atoms with Gasteiger partial charge in [0.15, 0.2) is 5.79 Å². The average Bonchev–Trinajstić information content (AvgIpc) is 3.49. The standard InChI is InChI=1S/C29H34ClN5O2/c1-16(2)11-23-20-9-10-35(28(20)33-15-32-23)24-14-19(25-26(24)37-29(3,4)36-25)8-6-17-5-7-18-13-21(30)27(31)34-22(18)12-17/h5,7,9-10,12-13,15-16,19,24-26H,6,8,11,14H2,1-4H3,(H2,31,34)/t19-,24+,25+,26-/m0/s1. The number of rotatable bonds is 6. The van der Waals surface area contributed by atoms with E-state index in [1.807, 2.05) is 19.9 Å². The minimum atomic E-state index is -0.601. The van der Waals surface area contributed by atoms with Crippen molar-refractivity contribution in [3.05, 3.63) is 59.1 Å². The molecule has 6 rings (SSSR count). The molecule has 4 atom stereocenters. The predicted octanol–water partition coefficient (Wildman–Crippen LogP) is 6.13. The lowest BCUT2D eigenvalue weighted by molar-refractivity contribution is -0.160. The number of nitrogens with zero attached hydrogens (tertiary/aromatic N) is 4. The Morgan fingerprint density at radius 2 is 1.95 bits per heavy atom. The third kappa shape index (κ3) is 4.58. The van der Waals surface area contributed by atoms with Crippen LogP contribution in [0.4, 0.5) is 5.82 Å². The fourth-order valence-corrected chi connectivity index (χ4v) is 6.32. The van der Waals surface area contributed by atoms with Crippen LogP contribution in [0.5, 0.6) is 0 Å². The first-order chi connectivity index (χ1) is 17.7. The molecule has 0 amide bonds. The van der Waals surface area contributed by atoms with E-state index in [0.717, 1.165) is 53.3 Å². The smallest absolute Gasteiger partial charge is 0.163 e. The van der Waals surface area contributed by atoms with Gasteiger partial charge in [-0.25, -0.2) is 15.0 Å². The number of anilines is 1. The summed E-state index contributed by atoms with van der Waals surface area (Å²) in [6.07, 6.45) is 7.73. The summed E-state index contributed by atoms with van der Waals surface area (Å²) in [6, 6.07) is 10.5. The number of pyridine rings is 1. The van der Waals surface area contributed by atoms with E-state index in [2.05, 4.69) is 58.8 Å². The summed E-state index contributed by atoms with van der Waals surface area (Å²) in [7, 11) is 0. The third-order valence-corrected chi connectivity index (χ3v) is 8.07. The molecule has 4 aromatic rings. The Bertz CT molecular complexity index is 1470. The van der Waals surface area contributed by atoms with E-state index >= 15 is 0 Å². The largest absolute Gasteiger partial charge is 0.382 e. The van der Waals surface area contributed by atoms with Gasteiger partial charge in [-0.3, -0.25) is 0 Å². The Hall–Kier alpha value is -2.74. The van der Waals surface area contributed by atoms with Crippen molar-refractivity contribution in [3.8, 4) is 0 Å². The van der Waals surface area contributed by atoms with Gasteiger partial charge >= 0.3 is 0 Å². The second kappa shape index (κ2) is 9.22. The molecule has 8 heteroatoms. The summed E-state index contributed by atoms with van der Waals surface area (Å²) < 4.78 is 15.3. The molecule has 2 N–H and O–H groups in total. The fourth-order valence-electron chi connectivity index (χ4n) is 6.16. The van der Waals surface area contributed by atoms with Crippen LogP contribution in [0.3, 0.4) is 0 Å². The molecule has 1 aliphatic carbocycles. The summed E-state index contributed by atoms with van der Waals surface area (Å²) in [4.78, 5) is 13.8. The number of aryl methyl sites for hydroxylation is 1. The lowest BCUT2D eigenvalue weighted by Gasteiger charge is -2.24. The van der Waals surface area contributed by atoms with E-state index in [4.69, 9.17) is 31.8 Å². The zero-order valence-electron chi connectivity index (χ0n) is 21.8. The van der Waals surface area contributed by atoms with Gasteiger partial charge in [-0.05, 0) is 75.1 Å². The molecular weight excluding hydrogens is 486 g/mol. The summed E-state index contributed by atoms with van der Waals surface area (Å²) in [5, 5.41) is 2.62. The molecule has 0 spiro atoms. The molecule has 194 valence electrons. The number of nitrogen functional groups attached to an aromatic ring is 1. The van der Waals surface area contributed by atoms with Gasteiger partial charge in [-0.15, -0.1) is 0 Å². The highest BCUT2D eigenvalue weighted by atomic mass is 35.5. The first-order valence-electron chi connectivity index (χ1n) is 13.2. The number of halogens is 1. The van der Waals surface area contributed by atoms with Gasteiger partial charge < -0.3 is 19.8 Å². The molecule has 7 nitrogen and oxygen atoms in total. The van der Waals surface area contributed by atoms with E-state index in [0.29, 0.717) is 22.7 Å². The number of hydrogen-bond acceptors (Lipinski definition) is 6. The number of fused-ring (bicyclic) bond motifs is 3. The van der Waals surface area contributed by atoms with Crippen LogP contribution < -0.4 is 5.73 Å². The van der Waals surface area contributed by atoms with Crippen LogP contribution in [-0.2, 0) is 22.3 Å². The van der Waals surface area contributed by atoms with Crippen LogP contribution in [0, 0.1) is 11.8 Å². The molecule has 2 fully saturated rings. The van der Waals surface area contributed by atoms with Gasteiger partial charge in [0.2, 0.25) is 0 Å². The van der Waals surface area contributed by atoms with Crippen LogP contribution in [0.15, 0.2) is 42.9 Å². The van der Waals surface area contributed by atoms with E-state index in [-0.39, 0.29) is 18.2 Å². The highest BCUT2D eigenvalue weighted by Crippen LogP contribution is 2.49. The fraction of sp³-hybridized carbons (Fsp3) is 0.483. The second-order valence-corrected chi connectivity index (χ2v) is 11.8. The molecule has 4 heterocycles. The molecule has 0 bridgehead atoms. The molecular formula is C29H34ClN5O2. The van der Waals surface area contributed by atoms with Crippen molar-refractivity contribution in [2.24, 2.45) is 11.8 Å². The van der Waals surface area contributed by atoms with Crippen molar-refractivity contribution in [1.82, 2.24) is 19.5 Å². The zero-order valence-corrected chi connectivity index (χ0v) is 22.6. The van der Waals surface area contributed by atoms with Crippen molar-refractivity contribution in [3.63, 3.8) is 0 Å². The SMILES string of the molecule is CC(C)Cc1ncnc2c1ccn2[C@@H]1C[C@H](CCc2ccc3cc(Cl)c(N)nc3c2)[C@H]2OC(C)(C)O[C@H]21. The Morgan fingerprint density at radius 1 is 1.14 bits per heavy atom. The van der Waals surface area contributed by atoms with Gasteiger partial charge in [0.1, 0.15) is 23.9 Å². The normalized spacial score (nSPS) is 24.9. The molecule has 1 aliphatic heterocycles. The van der Waals surface area contributed by atoms with Gasteiger partial charge in [-0.2, -0.15) is 0 Å². The van der Waals surface area contributed by atoms with Crippen LogP contribution >= 0.6 is 11.6 Å². The highest BCUT2D eigenvalue weighted by Gasteiger charge is 2.54. The van der Waals surface area contributed by atoms with E-state index in [1.165, 1.54) is 5.56 Å². The van der Waals surface area contributed by atoms with E-state index in [1.54, 1.807) is 6.33 Å². The molecule has 2 aliphatic rings. The maximum absolute atomic E-state index is 6.49. The van der Waals surface area contributed by atoms with Crippen LogP contribution in [0.1, 0.15) is 57.8 Å². The monoisotopic (exact) mass is 519 g/mol. The van der Waals surface area contributed by atoms with E-state index in [9.17, 15) is 0 Å². The molecule has 0 unspecified atom stereocenters. The average molecular weight is 520 g/mol. The molecule has 37 heavy (non-hydrogen) atoms. The van der Waals surface area contributed by atoms with Gasteiger partial charge in [0, 0.05) is 17.0 Å². The topological polar surface area (TPSA) is 88.1 Å². The summed E-state index contributed by atoms with van der Waals surface area (Å²) in [5.41, 5.74) is 10.1.